The third-order valence-electron chi connectivity index (χ3n) is 3.42. The predicted molar refractivity (Wildman–Crippen MR) is 63.9 cm³/mol. The number of hydrogen-bond donors (Lipinski definition) is 0. The summed E-state index contributed by atoms with van der Waals surface area (Å²) in [6.07, 6.45) is 4.82. The highest BCUT2D eigenvalue weighted by Gasteiger charge is 2.18. The molecule has 4 nitrogen and oxygen atoms in total. The minimum absolute atomic E-state index is 0.783. The molecule has 3 rings (SSSR count). The smallest absolute Gasteiger partial charge is 0.133 e. The summed E-state index contributed by atoms with van der Waals surface area (Å²) in [6.45, 7) is 4.78. The number of aromatic nitrogens is 3. The van der Waals surface area contributed by atoms with Crippen LogP contribution in [0.1, 0.15) is 41.5 Å². The number of imidazole rings is 1. The van der Waals surface area contributed by atoms with Crippen LogP contribution in [-0.2, 0) is 19.4 Å². The molecule has 2 aromatic heterocycles. The van der Waals surface area contributed by atoms with Gasteiger partial charge in [0.1, 0.15) is 17.3 Å². The standard InChI is InChI=1S/C13H17N3O/c1-9-7-11(15-17-9)8-16-10(2)14-12-5-3-4-6-13(12)16/h7H,3-6,8H2,1-2H3. The molecule has 2 heterocycles. The van der Waals surface area contributed by atoms with Crippen molar-refractivity contribution < 1.29 is 4.52 Å². The molecule has 0 bridgehead atoms. The van der Waals surface area contributed by atoms with E-state index in [2.05, 4.69) is 21.6 Å². The van der Waals surface area contributed by atoms with Gasteiger partial charge in [-0.2, -0.15) is 0 Å². The van der Waals surface area contributed by atoms with Crippen LogP contribution in [0.2, 0.25) is 0 Å². The second-order valence-electron chi connectivity index (χ2n) is 4.77. The average Bonchev–Trinajstić information content (AvgIpc) is 2.85. The van der Waals surface area contributed by atoms with Crippen LogP contribution < -0.4 is 0 Å². The average molecular weight is 231 g/mol. The molecule has 0 spiro atoms. The molecule has 0 unspecified atom stereocenters. The number of hydrogen-bond acceptors (Lipinski definition) is 3. The van der Waals surface area contributed by atoms with Gasteiger partial charge in [-0.05, 0) is 39.5 Å². The van der Waals surface area contributed by atoms with Gasteiger partial charge in [0.25, 0.3) is 0 Å². The largest absolute Gasteiger partial charge is 0.361 e. The summed E-state index contributed by atoms with van der Waals surface area (Å²) < 4.78 is 7.40. The van der Waals surface area contributed by atoms with E-state index in [4.69, 9.17) is 4.52 Å². The Hall–Kier alpha value is -1.58. The van der Waals surface area contributed by atoms with Gasteiger partial charge < -0.3 is 9.09 Å². The molecule has 0 aromatic carbocycles. The van der Waals surface area contributed by atoms with Crippen molar-refractivity contribution in [3.05, 3.63) is 34.7 Å². The van der Waals surface area contributed by atoms with Crippen molar-refractivity contribution in [2.24, 2.45) is 0 Å². The Balaban J connectivity index is 1.94. The van der Waals surface area contributed by atoms with Crippen molar-refractivity contribution in [1.82, 2.24) is 14.7 Å². The molecule has 0 radical (unpaired) electrons. The van der Waals surface area contributed by atoms with Crippen LogP contribution in [0.5, 0.6) is 0 Å². The third-order valence-corrected chi connectivity index (χ3v) is 3.42. The van der Waals surface area contributed by atoms with Gasteiger partial charge in [-0.3, -0.25) is 0 Å². The lowest BCUT2D eigenvalue weighted by Gasteiger charge is -2.13. The molecule has 2 aromatic rings. The molecule has 0 saturated carbocycles. The molecule has 0 amide bonds. The number of aryl methyl sites for hydroxylation is 3. The summed E-state index contributed by atoms with van der Waals surface area (Å²) in [5, 5.41) is 4.06. The monoisotopic (exact) mass is 231 g/mol. The molecule has 17 heavy (non-hydrogen) atoms. The quantitative estimate of drug-likeness (QED) is 0.797. The fraction of sp³-hybridized carbons (Fsp3) is 0.538. The van der Waals surface area contributed by atoms with Gasteiger partial charge in [0, 0.05) is 11.8 Å². The van der Waals surface area contributed by atoms with Crippen LogP contribution >= 0.6 is 0 Å². The van der Waals surface area contributed by atoms with Crippen LogP contribution in [-0.4, -0.2) is 14.7 Å². The Labute approximate surface area is 101 Å². The minimum atomic E-state index is 0.783. The fourth-order valence-electron chi connectivity index (χ4n) is 2.60. The normalized spacial score (nSPS) is 14.9. The first kappa shape index (κ1) is 10.6. The molecular formula is C13H17N3O. The summed E-state index contributed by atoms with van der Waals surface area (Å²) >= 11 is 0. The number of rotatable bonds is 2. The maximum Gasteiger partial charge on any atom is 0.133 e. The second-order valence-corrected chi connectivity index (χ2v) is 4.77. The highest BCUT2D eigenvalue weighted by molar-refractivity contribution is 5.21. The van der Waals surface area contributed by atoms with Crippen LogP contribution in [0, 0.1) is 13.8 Å². The Morgan fingerprint density at radius 3 is 2.88 bits per heavy atom. The molecular weight excluding hydrogens is 214 g/mol. The van der Waals surface area contributed by atoms with E-state index in [1.54, 1.807) is 0 Å². The Morgan fingerprint density at radius 1 is 1.29 bits per heavy atom. The first-order valence-corrected chi connectivity index (χ1v) is 6.21. The molecule has 4 heteroatoms. The minimum Gasteiger partial charge on any atom is -0.361 e. The third kappa shape index (κ3) is 1.88. The van der Waals surface area contributed by atoms with Gasteiger partial charge in [-0.15, -0.1) is 0 Å². The molecule has 90 valence electrons. The first-order valence-electron chi connectivity index (χ1n) is 6.21. The maximum absolute atomic E-state index is 5.11. The van der Waals surface area contributed by atoms with Crippen molar-refractivity contribution in [2.75, 3.05) is 0 Å². The van der Waals surface area contributed by atoms with Crippen molar-refractivity contribution in [3.63, 3.8) is 0 Å². The van der Waals surface area contributed by atoms with Gasteiger partial charge in [0.2, 0.25) is 0 Å². The fourth-order valence-corrected chi connectivity index (χ4v) is 2.60. The van der Waals surface area contributed by atoms with Crippen molar-refractivity contribution in [2.45, 2.75) is 46.1 Å². The molecule has 0 N–H and O–H groups in total. The zero-order valence-corrected chi connectivity index (χ0v) is 10.4. The topological polar surface area (TPSA) is 43.9 Å². The molecule has 1 aliphatic rings. The van der Waals surface area contributed by atoms with Crippen molar-refractivity contribution in [1.29, 1.82) is 0 Å². The van der Waals surface area contributed by atoms with Crippen molar-refractivity contribution >= 4 is 0 Å². The zero-order valence-electron chi connectivity index (χ0n) is 10.4. The van der Waals surface area contributed by atoms with E-state index in [9.17, 15) is 0 Å². The second kappa shape index (κ2) is 4.02. The van der Waals surface area contributed by atoms with Gasteiger partial charge in [0.05, 0.1) is 12.2 Å². The van der Waals surface area contributed by atoms with Gasteiger partial charge in [-0.1, -0.05) is 5.16 Å². The lowest BCUT2D eigenvalue weighted by atomic mass is 10.0. The summed E-state index contributed by atoms with van der Waals surface area (Å²) in [6, 6.07) is 1.99. The lowest BCUT2D eigenvalue weighted by molar-refractivity contribution is 0.388. The van der Waals surface area contributed by atoms with Crippen LogP contribution in [0.25, 0.3) is 0 Å². The molecule has 0 fully saturated rings. The van der Waals surface area contributed by atoms with E-state index in [0.717, 1.165) is 36.7 Å². The van der Waals surface area contributed by atoms with Crippen LogP contribution in [0.15, 0.2) is 10.6 Å². The Kier molecular flexibility index (Phi) is 2.50. The summed E-state index contributed by atoms with van der Waals surface area (Å²) in [5.41, 5.74) is 3.67. The van der Waals surface area contributed by atoms with E-state index in [1.807, 2.05) is 13.0 Å². The maximum atomic E-state index is 5.11. The Morgan fingerprint density at radius 2 is 2.12 bits per heavy atom. The van der Waals surface area contributed by atoms with Crippen molar-refractivity contribution in [3.8, 4) is 0 Å². The summed E-state index contributed by atoms with van der Waals surface area (Å²) in [5.74, 6) is 1.96. The first-order chi connectivity index (χ1) is 8.24. The number of fused-ring (bicyclic) bond motifs is 1. The number of nitrogens with zero attached hydrogens (tertiary/aromatic N) is 3. The van der Waals surface area contributed by atoms with E-state index in [0.29, 0.717) is 0 Å². The molecule has 0 aliphatic heterocycles. The van der Waals surface area contributed by atoms with E-state index in [1.165, 1.54) is 24.2 Å². The van der Waals surface area contributed by atoms with Crippen LogP contribution in [0.4, 0.5) is 0 Å². The predicted octanol–water partition coefficient (Wildman–Crippen LogP) is 2.42. The molecule has 0 atom stereocenters. The van der Waals surface area contributed by atoms with Gasteiger partial charge in [0.15, 0.2) is 0 Å². The lowest BCUT2D eigenvalue weighted by Crippen LogP contribution is -2.10. The summed E-state index contributed by atoms with van der Waals surface area (Å²) in [4.78, 5) is 4.66. The van der Waals surface area contributed by atoms with E-state index >= 15 is 0 Å². The van der Waals surface area contributed by atoms with E-state index in [-0.39, 0.29) is 0 Å². The molecule has 1 aliphatic carbocycles. The van der Waals surface area contributed by atoms with Gasteiger partial charge >= 0.3 is 0 Å². The Bertz CT molecular complexity index is 539. The van der Waals surface area contributed by atoms with Gasteiger partial charge in [-0.25, -0.2) is 4.98 Å². The highest BCUT2D eigenvalue weighted by Crippen LogP contribution is 2.22. The van der Waals surface area contributed by atoms with E-state index < -0.39 is 0 Å². The summed E-state index contributed by atoms with van der Waals surface area (Å²) in [7, 11) is 0. The molecule has 0 saturated heterocycles. The van der Waals surface area contributed by atoms with Crippen LogP contribution in [0.3, 0.4) is 0 Å². The SMILES string of the molecule is Cc1cc(Cn2c(C)nc3c2CCCC3)no1. The highest BCUT2D eigenvalue weighted by atomic mass is 16.5. The zero-order chi connectivity index (χ0) is 11.8.